The molecule has 0 heterocycles. The van der Waals surface area contributed by atoms with Crippen LogP contribution in [0.3, 0.4) is 0 Å². The molecule has 0 amide bonds. The Bertz CT molecular complexity index is 1070. The molecule has 0 N–H and O–H groups in total. The molecule has 0 bridgehead atoms. The number of rotatable bonds is 4. The van der Waals surface area contributed by atoms with Gasteiger partial charge in [0.1, 0.15) is 5.82 Å². The molecule has 0 fully saturated rings. The first-order valence-electron chi connectivity index (χ1n) is 10.1. The molecule has 0 nitrogen and oxygen atoms in total. The van der Waals surface area contributed by atoms with Crippen LogP contribution in [-0.2, 0) is 6.42 Å². The molecule has 0 aromatic heterocycles. The predicted octanol–water partition coefficient (Wildman–Crippen LogP) is 6.67. The topological polar surface area (TPSA) is 0 Å². The summed E-state index contributed by atoms with van der Waals surface area (Å²) in [7, 11) is 0. The van der Waals surface area contributed by atoms with Crippen molar-refractivity contribution < 1.29 is 4.39 Å². The molecule has 0 atom stereocenters. The minimum Gasteiger partial charge on any atom is -0.207 e. The van der Waals surface area contributed by atoms with Crippen molar-refractivity contribution in [3.05, 3.63) is 106 Å². The van der Waals surface area contributed by atoms with Crippen molar-refractivity contribution in [3.63, 3.8) is 0 Å². The number of hydrogen-bond donors (Lipinski definition) is 0. The normalized spacial score (nSPS) is 9.90. The van der Waals surface area contributed by atoms with Gasteiger partial charge < -0.3 is 0 Å². The number of unbranched alkanes of at least 4 members (excludes halogenated alkanes) is 2. The summed E-state index contributed by atoms with van der Waals surface area (Å²) in [5.74, 6) is 12.5. The van der Waals surface area contributed by atoms with E-state index in [0.717, 1.165) is 34.2 Å². The lowest BCUT2D eigenvalue weighted by Crippen LogP contribution is -1.87. The first kappa shape index (κ1) is 20.4. The van der Waals surface area contributed by atoms with Crippen molar-refractivity contribution in [2.45, 2.75) is 39.5 Å². The van der Waals surface area contributed by atoms with E-state index in [-0.39, 0.29) is 5.82 Å². The van der Waals surface area contributed by atoms with Gasteiger partial charge in [0.15, 0.2) is 0 Å². The first-order valence-corrected chi connectivity index (χ1v) is 10.1. The van der Waals surface area contributed by atoms with Gasteiger partial charge in [-0.2, -0.15) is 0 Å². The Kier molecular flexibility index (Phi) is 7.27. The van der Waals surface area contributed by atoms with Crippen LogP contribution in [0.2, 0.25) is 0 Å². The minimum atomic E-state index is -0.250. The van der Waals surface area contributed by atoms with Crippen LogP contribution in [0, 0.1) is 36.4 Å². The molecule has 0 aliphatic heterocycles. The summed E-state index contributed by atoms with van der Waals surface area (Å²) in [6.45, 7) is 4.27. The van der Waals surface area contributed by atoms with E-state index in [0.29, 0.717) is 0 Å². The van der Waals surface area contributed by atoms with E-state index in [1.54, 1.807) is 12.1 Å². The van der Waals surface area contributed by atoms with Crippen LogP contribution >= 0.6 is 0 Å². The van der Waals surface area contributed by atoms with Crippen molar-refractivity contribution >= 4 is 0 Å². The Morgan fingerprint density at radius 1 is 0.690 bits per heavy atom. The van der Waals surface area contributed by atoms with E-state index in [9.17, 15) is 4.39 Å². The lowest BCUT2D eigenvalue weighted by atomic mass is 10.0. The van der Waals surface area contributed by atoms with Crippen molar-refractivity contribution in [1.82, 2.24) is 0 Å². The van der Waals surface area contributed by atoms with Crippen molar-refractivity contribution in [2.75, 3.05) is 0 Å². The van der Waals surface area contributed by atoms with Crippen LogP contribution in [-0.4, -0.2) is 0 Å². The van der Waals surface area contributed by atoms with Gasteiger partial charge in [-0.25, -0.2) is 4.39 Å². The van der Waals surface area contributed by atoms with Gasteiger partial charge in [-0.3, -0.25) is 0 Å². The Balaban J connectivity index is 1.68. The maximum atomic E-state index is 13.0. The molecule has 0 saturated heterocycles. The molecule has 29 heavy (non-hydrogen) atoms. The summed E-state index contributed by atoms with van der Waals surface area (Å²) in [6, 6.07) is 20.8. The summed E-state index contributed by atoms with van der Waals surface area (Å²) in [5.41, 5.74) is 6.23. The van der Waals surface area contributed by atoms with Crippen LogP contribution in [0.5, 0.6) is 0 Å². The van der Waals surface area contributed by atoms with E-state index < -0.39 is 0 Å². The lowest BCUT2D eigenvalue weighted by Gasteiger charge is -2.01. The average molecular weight is 381 g/mol. The molecule has 0 unspecified atom stereocenters. The molecule has 0 spiro atoms. The second-order valence-electron chi connectivity index (χ2n) is 7.19. The summed E-state index contributed by atoms with van der Waals surface area (Å²) in [4.78, 5) is 0. The average Bonchev–Trinajstić information content (AvgIpc) is 2.74. The van der Waals surface area contributed by atoms with E-state index >= 15 is 0 Å². The van der Waals surface area contributed by atoms with Gasteiger partial charge in [-0.1, -0.05) is 55.6 Å². The minimum absolute atomic E-state index is 0.250. The fourth-order valence-corrected chi connectivity index (χ4v) is 3.03. The highest BCUT2D eigenvalue weighted by molar-refractivity contribution is 5.51. The zero-order chi connectivity index (χ0) is 20.5. The Morgan fingerprint density at radius 2 is 1.28 bits per heavy atom. The zero-order valence-electron chi connectivity index (χ0n) is 17.1. The number of aryl methyl sites for hydroxylation is 2. The number of hydrogen-bond acceptors (Lipinski definition) is 0. The first-order chi connectivity index (χ1) is 14.1. The molecule has 0 aliphatic carbocycles. The molecule has 1 heteroatoms. The molecule has 144 valence electrons. The maximum absolute atomic E-state index is 13.0. The maximum Gasteiger partial charge on any atom is 0.123 e. The van der Waals surface area contributed by atoms with Gasteiger partial charge in [0.25, 0.3) is 0 Å². The highest BCUT2D eigenvalue weighted by atomic mass is 19.1. The Morgan fingerprint density at radius 3 is 1.93 bits per heavy atom. The summed E-state index contributed by atoms with van der Waals surface area (Å²) in [5, 5.41) is 0. The summed E-state index contributed by atoms with van der Waals surface area (Å²) < 4.78 is 13.0. The van der Waals surface area contributed by atoms with E-state index in [4.69, 9.17) is 0 Å². The quantitative estimate of drug-likeness (QED) is 0.350. The fraction of sp³-hybridized carbons (Fsp3) is 0.214. The highest BCUT2D eigenvalue weighted by Crippen LogP contribution is 2.12. The molecule has 3 rings (SSSR count). The van der Waals surface area contributed by atoms with Gasteiger partial charge in [0, 0.05) is 22.3 Å². The monoisotopic (exact) mass is 380 g/mol. The zero-order valence-corrected chi connectivity index (χ0v) is 17.1. The standard InChI is InChI=1S/C28H25F/c1-3-4-5-6-23-7-9-24(10-8-23)13-17-27-18-14-26(21-22(27)2)12-11-25-15-19-28(29)20-16-25/h7-10,14-16,18-21H,3-6H2,1-2H3. The molecular formula is C28H25F. The van der Waals surface area contributed by atoms with Crippen LogP contribution in [0.15, 0.2) is 66.7 Å². The van der Waals surface area contributed by atoms with Gasteiger partial charge in [0.05, 0.1) is 0 Å². The second kappa shape index (κ2) is 10.3. The van der Waals surface area contributed by atoms with Gasteiger partial charge in [0.2, 0.25) is 0 Å². The SMILES string of the molecule is CCCCCc1ccc(C#Cc2ccc(C#Cc3ccc(F)cc3)cc2C)cc1. The third kappa shape index (κ3) is 6.38. The third-order valence-corrected chi connectivity index (χ3v) is 4.79. The molecule has 0 saturated carbocycles. The molecular weight excluding hydrogens is 355 g/mol. The Hall–Kier alpha value is -3.29. The van der Waals surface area contributed by atoms with E-state index in [2.05, 4.69) is 54.9 Å². The van der Waals surface area contributed by atoms with Crippen molar-refractivity contribution in [1.29, 1.82) is 0 Å². The van der Waals surface area contributed by atoms with Gasteiger partial charge >= 0.3 is 0 Å². The number of halogens is 1. The molecule has 0 aliphatic rings. The smallest absolute Gasteiger partial charge is 0.123 e. The van der Waals surface area contributed by atoms with E-state index in [1.807, 2.05) is 25.1 Å². The van der Waals surface area contributed by atoms with Crippen molar-refractivity contribution in [3.8, 4) is 23.7 Å². The third-order valence-electron chi connectivity index (χ3n) is 4.79. The highest BCUT2D eigenvalue weighted by Gasteiger charge is 1.97. The van der Waals surface area contributed by atoms with Crippen LogP contribution in [0.4, 0.5) is 4.39 Å². The fourth-order valence-electron chi connectivity index (χ4n) is 3.03. The van der Waals surface area contributed by atoms with E-state index in [1.165, 1.54) is 37.0 Å². The summed E-state index contributed by atoms with van der Waals surface area (Å²) in [6.07, 6.45) is 4.92. The predicted molar refractivity (Wildman–Crippen MR) is 119 cm³/mol. The molecule has 3 aromatic rings. The lowest BCUT2D eigenvalue weighted by molar-refractivity contribution is 0.627. The van der Waals surface area contributed by atoms with Gasteiger partial charge in [-0.05, 0) is 85.5 Å². The Labute approximate surface area is 173 Å². The van der Waals surface area contributed by atoms with Crippen LogP contribution in [0.1, 0.15) is 59.6 Å². The second-order valence-corrected chi connectivity index (χ2v) is 7.19. The van der Waals surface area contributed by atoms with Crippen LogP contribution < -0.4 is 0 Å². The largest absolute Gasteiger partial charge is 0.207 e. The number of benzene rings is 3. The molecule has 3 aromatic carbocycles. The van der Waals surface area contributed by atoms with Gasteiger partial charge in [-0.15, -0.1) is 0 Å². The summed E-state index contributed by atoms with van der Waals surface area (Å²) >= 11 is 0. The molecule has 0 radical (unpaired) electrons. The van der Waals surface area contributed by atoms with Crippen molar-refractivity contribution in [2.24, 2.45) is 0 Å². The van der Waals surface area contributed by atoms with Crippen LogP contribution in [0.25, 0.3) is 0 Å².